The van der Waals surface area contributed by atoms with Crippen LogP contribution in [0.1, 0.15) is 29.8 Å². The van der Waals surface area contributed by atoms with E-state index in [1.165, 1.54) is 12.8 Å². The Bertz CT molecular complexity index is 1050. The summed E-state index contributed by atoms with van der Waals surface area (Å²) in [6.45, 7) is 8.65. The van der Waals surface area contributed by atoms with Crippen LogP contribution in [0.5, 0.6) is 0 Å². The fraction of sp³-hybridized carbons (Fsp3) is 0.409. The first-order valence-electron chi connectivity index (χ1n) is 9.86. The van der Waals surface area contributed by atoms with Gasteiger partial charge in [-0.15, -0.1) is 0 Å². The monoisotopic (exact) mass is 377 g/mol. The molecule has 6 heteroatoms. The number of nitrogens with zero attached hydrogens (tertiary/aromatic N) is 4. The van der Waals surface area contributed by atoms with Crippen LogP contribution in [0, 0.1) is 20.8 Å². The quantitative estimate of drug-likeness (QED) is 0.755. The molecule has 0 unspecified atom stereocenters. The number of rotatable bonds is 4. The number of hydrogen-bond acceptors (Lipinski definition) is 4. The number of aryl methyl sites for hydroxylation is 3. The Morgan fingerprint density at radius 2 is 1.89 bits per heavy atom. The number of benzene rings is 1. The average molecular weight is 377 g/mol. The molecule has 1 saturated heterocycles. The number of fused-ring (bicyclic) bond motifs is 1. The molecule has 0 spiro atoms. The predicted octanol–water partition coefficient (Wildman–Crippen LogP) is 3.59. The van der Waals surface area contributed by atoms with Crippen molar-refractivity contribution in [2.75, 3.05) is 25.0 Å². The minimum Gasteiger partial charge on any atom is -0.325 e. The van der Waals surface area contributed by atoms with Gasteiger partial charge >= 0.3 is 0 Å². The highest BCUT2D eigenvalue weighted by atomic mass is 16.2. The van der Waals surface area contributed by atoms with Gasteiger partial charge in [0.2, 0.25) is 5.91 Å². The third-order valence-electron chi connectivity index (χ3n) is 5.63. The number of carbonyl (C=O) groups is 1. The number of likely N-dealkylation sites (tertiary alicyclic amines) is 1. The van der Waals surface area contributed by atoms with Gasteiger partial charge in [-0.2, -0.15) is 5.10 Å². The van der Waals surface area contributed by atoms with E-state index in [1.807, 2.05) is 36.9 Å². The second kappa shape index (κ2) is 7.36. The van der Waals surface area contributed by atoms with Crippen molar-refractivity contribution >= 4 is 22.5 Å². The summed E-state index contributed by atoms with van der Waals surface area (Å²) in [6.07, 6.45) is 2.37. The van der Waals surface area contributed by atoms with Crippen LogP contribution in [-0.4, -0.2) is 45.2 Å². The molecule has 0 atom stereocenters. The average Bonchev–Trinajstić information content (AvgIpc) is 3.22. The zero-order valence-corrected chi connectivity index (χ0v) is 17.0. The topological polar surface area (TPSA) is 63.1 Å². The van der Waals surface area contributed by atoms with Crippen molar-refractivity contribution in [3.63, 3.8) is 0 Å². The van der Waals surface area contributed by atoms with E-state index in [2.05, 4.69) is 35.2 Å². The molecule has 1 amide bonds. The summed E-state index contributed by atoms with van der Waals surface area (Å²) in [5.74, 6) is 0.0353. The second-order valence-corrected chi connectivity index (χ2v) is 7.76. The highest BCUT2D eigenvalue weighted by molar-refractivity contribution is 5.95. The van der Waals surface area contributed by atoms with Crippen LogP contribution in [0.15, 0.2) is 24.3 Å². The number of aromatic nitrogens is 3. The van der Waals surface area contributed by atoms with E-state index in [0.717, 1.165) is 57.9 Å². The van der Waals surface area contributed by atoms with Crippen LogP contribution in [0.3, 0.4) is 0 Å². The highest BCUT2D eigenvalue weighted by Gasteiger charge is 2.17. The third kappa shape index (κ3) is 3.52. The van der Waals surface area contributed by atoms with Crippen LogP contribution < -0.4 is 5.32 Å². The largest absolute Gasteiger partial charge is 0.325 e. The van der Waals surface area contributed by atoms with E-state index in [9.17, 15) is 4.79 Å². The van der Waals surface area contributed by atoms with Crippen molar-refractivity contribution in [2.24, 2.45) is 7.05 Å². The molecule has 3 aromatic rings. The van der Waals surface area contributed by atoms with E-state index in [0.29, 0.717) is 6.54 Å². The Balaban J connectivity index is 1.65. The van der Waals surface area contributed by atoms with Gasteiger partial charge in [-0.3, -0.25) is 14.4 Å². The number of pyridine rings is 1. The maximum absolute atomic E-state index is 12.4. The van der Waals surface area contributed by atoms with Crippen LogP contribution in [-0.2, 0) is 11.8 Å². The normalized spacial score (nSPS) is 14.7. The van der Waals surface area contributed by atoms with E-state index in [4.69, 9.17) is 4.98 Å². The molecule has 0 aliphatic carbocycles. The summed E-state index contributed by atoms with van der Waals surface area (Å²) in [7, 11) is 1.95. The first-order chi connectivity index (χ1) is 13.4. The van der Waals surface area contributed by atoms with Gasteiger partial charge in [0.25, 0.3) is 0 Å². The fourth-order valence-electron chi connectivity index (χ4n) is 4.10. The van der Waals surface area contributed by atoms with Gasteiger partial charge in [0, 0.05) is 29.4 Å². The van der Waals surface area contributed by atoms with Crippen molar-refractivity contribution in [2.45, 2.75) is 33.6 Å². The van der Waals surface area contributed by atoms with Crippen molar-refractivity contribution in [1.29, 1.82) is 0 Å². The molecular weight excluding hydrogens is 350 g/mol. The van der Waals surface area contributed by atoms with Gasteiger partial charge < -0.3 is 5.32 Å². The maximum atomic E-state index is 12.4. The van der Waals surface area contributed by atoms with Crippen LogP contribution in [0.25, 0.3) is 22.2 Å². The minimum atomic E-state index is 0.0353. The van der Waals surface area contributed by atoms with E-state index in [-0.39, 0.29) is 5.91 Å². The number of carbonyl (C=O) groups excluding carboxylic acids is 1. The fourth-order valence-corrected chi connectivity index (χ4v) is 4.10. The van der Waals surface area contributed by atoms with Gasteiger partial charge in [0.1, 0.15) is 0 Å². The van der Waals surface area contributed by atoms with E-state index >= 15 is 0 Å². The summed E-state index contributed by atoms with van der Waals surface area (Å²) in [4.78, 5) is 19.5. The lowest BCUT2D eigenvalue weighted by Gasteiger charge is -2.14. The van der Waals surface area contributed by atoms with Crippen LogP contribution >= 0.6 is 0 Å². The Labute approximate surface area is 165 Å². The standard InChI is InChI=1S/C22H27N5O/c1-14-11-20(22-15(2)25-26(4)16(22)3)24-19-12-17(7-8-18(14)19)23-21(28)13-27-9-5-6-10-27/h7-8,11-12H,5-6,9-10,13H2,1-4H3,(H,23,28). The van der Waals surface area contributed by atoms with Gasteiger partial charge in [0.15, 0.2) is 0 Å². The number of anilines is 1. The molecule has 28 heavy (non-hydrogen) atoms. The Morgan fingerprint density at radius 1 is 1.14 bits per heavy atom. The lowest BCUT2D eigenvalue weighted by Crippen LogP contribution is -2.30. The van der Waals surface area contributed by atoms with E-state index in [1.54, 1.807) is 0 Å². The maximum Gasteiger partial charge on any atom is 0.238 e. The first-order valence-corrected chi connectivity index (χ1v) is 9.86. The molecule has 6 nitrogen and oxygen atoms in total. The summed E-state index contributed by atoms with van der Waals surface area (Å²) < 4.78 is 1.89. The Hall–Kier alpha value is -2.73. The molecule has 1 aromatic carbocycles. The lowest BCUT2D eigenvalue weighted by molar-refractivity contribution is -0.117. The molecule has 2 aromatic heterocycles. The smallest absolute Gasteiger partial charge is 0.238 e. The van der Waals surface area contributed by atoms with Gasteiger partial charge in [0.05, 0.1) is 23.4 Å². The molecule has 3 heterocycles. The molecule has 0 radical (unpaired) electrons. The molecule has 1 aliphatic rings. The molecule has 0 saturated carbocycles. The predicted molar refractivity (Wildman–Crippen MR) is 112 cm³/mol. The number of hydrogen-bond donors (Lipinski definition) is 1. The SMILES string of the molecule is Cc1nn(C)c(C)c1-c1cc(C)c2ccc(NC(=O)CN3CCCC3)cc2n1. The van der Waals surface area contributed by atoms with Crippen LogP contribution in [0.2, 0.25) is 0 Å². The molecule has 0 bridgehead atoms. The second-order valence-electron chi connectivity index (χ2n) is 7.76. The third-order valence-corrected chi connectivity index (χ3v) is 5.63. The van der Waals surface area contributed by atoms with Crippen molar-refractivity contribution < 1.29 is 4.79 Å². The lowest BCUT2D eigenvalue weighted by atomic mass is 10.0. The summed E-state index contributed by atoms with van der Waals surface area (Å²) >= 11 is 0. The number of nitrogens with one attached hydrogen (secondary N) is 1. The molecule has 4 rings (SSSR count). The van der Waals surface area contributed by atoms with Crippen molar-refractivity contribution in [1.82, 2.24) is 19.7 Å². The molecular formula is C22H27N5O. The molecule has 1 fully saturated rings. The first kappa shape index (κ1) is 18.6. The van der Waals surface area contributed by atoms with Gasteiger partial charge in [-0.05, 0) is 70.5 Å². The zero-order valence-electron chi connectivity index (χ0n) is 17.0. The molecule has 1 N–H and O–H groups in total. The van der Waals surface area contributed by atoms with Gasteiger partial charge in [-0.1, -0.05) is 6.07 Å². The summed E-state index contributed by atoms with van der Waals surface area (Å²) in [5.41, 5.74) is 6.92. The van der Waals surface area contributed by atoms with Gasteiger partial charge in [-0.25, -0.2) is 4.98 Å². The number of amides is 1. The molecule has 1 aliphatic heterocycles. The summed E-state index contributed by atoms with van der Waals surface area (Å²) in [5, 5.41) is 8.64. The van der Waals surface area contributed by atoms with E-state index < -0.39 is 0 Å². The molecule has 146 valence electrons. The van der Waals surface area contributed by atoms with Crippen LogP contribution in [0.4, 0.5) is 5.69 Å². The Kier molecular flexibility index (Phi) is 4.89. The zero-order chi connectivity index (χ0) is 19.8. The van der Waals surface area contributed by atoms with Crippen molar-refractivity contribution in [3.05, 3.63) is 41.2 Å². The highest BCUT2D eigenvalue weighted by Crippen LogP contribution is 2.30. The minimum absolute atomic E-state index is 0.0353. The Morgan fingerprint density at radius 3 is 2.57 bits per heavy atom. The summed E-state index contributed by atoms with van der Waals surface area (Å²) in [6, 6.07) is 8.08. The van der Waals surface area contributed by atoms with Crippen molar-refractivity contribution in [3.8, 4) is 11.3 Å².